The van der Waals surface area contributed by atoms with E-state index < -0.39 is 34.0 Å². The van der Waals surface area contributed by atoms with Gasteiger partial charge in [0.1, 0.15) is 11.2 Å². The highest BCUT2D eigenvalue weighted by molar-refractivity contribution is 5.85. The molecule has 0 unspecified atom stereocenters. The molecule has 0 fully saturated rings. The molecule has 21 heavy (non-hydrogen) atoms. The number of alkyl halides is 3. The van der Waals surface area contributed by atoms with Crippen LogP contribution < -0.4 is 5.32 Å². The molecule has 6 nitrogen and oxygen atoms in total. The molecular weight excluding hydrogens is 293 g/mol. The lowest BCUT2D eigenvalue weighted by molar-refractivity contribution is -0.388. The van der Waals surface area contributed by atoms with Crippen LogP contribution in [0.15, 0.2) is 18.2 Å². The molecule has 9 heteroatoms. The van der Waals surface area contributed by atoms with Crippen molar-refractivity contribution in [2.24, 2.45) is 0 Å². The van der Waals surface area contributed by atoms with Crippen LogP contribution in [0.3, 0.4) is 0 Å². The van der Waals surface area contributed by atoms with E-state index in [1.807, 2.05) is 0 Å². The number of amides is 1. The molecule has 0 saturated carbocycles. The number of anilines is 1. The molecule has 0 aliphatic rings. The molecular formula is C12H13F3N2O4. The molecule has 0 radical (unpaired) electrons. The summed E-state index contributed by atoms with van der Waals surface area (Å²) in [5.41, 5.74) is -3.50. The lowest BCUT2D eigenvalue weighted by Gasteiger charge is -2.19. The number of ether oxygens (including phenoxy) is 1. The third-order valence-corrected chi connectivity index (χ3v) is 2.15. The molecule has 0 aliphatic heterocycles. The van der Waals surface area contributed by atoms with E-state index in [-0.39, 0.29) is 5.69 Å². The van der Waals surface area contributed by atoms with Crippen molar-refractivity contribution in [1.29, 1.82) is 0 Å². The number of carbonyl (C=O) groups is 1. The zero-order valence-corrected chi connectivity index (χ0v) is 11.4. The molecule has 1 rings (SSSR count). The summed E-state index contributed by atoms with van der Waals surface area (Å²) in [6.07, 6.45) is -5.77. The monoisotopic (exact) mass is 306 g/mol. The van der Waals surface area contributed by atoms with Gasteiger partial charge >= 0.3 is 12.3 Å². The number of nitro groups is 1. The van der Waals surface area contributed by atoms with E-state index in [0.29, 0.717) is 12.1 Å². The molecule has 0 aliphatic carbocycles. The zero-order valence-electron chi connectivity index (χ0n) is 11.4. The largest absolute Gasteiger partial charge is 0.444 e. The van der Waals surface area contributed by atoms with Gasteiger partial charge in [0, 0.05) is 6.07 Å². The fraction of sp³-hybridized carbons (Fsp3) is 0.417. The summed E-state index contributed by atoms with van der Waals surface area (Å²) < 4.78 is 42.7. The van der Waals surface area contributed by atoms with Crippen LogP contribution in [0.4, 0.5) is 29.3 Å². The third kappa shape index (κ3) is 4.93. The molecule has 0 bridgehead atoms. The fourth-order valence-electron chi connectivity index (χ4n) is 1.42. The van der Waals surface area contributed by atoms with Gasteiger partial charge in [-0.1, -0.05) is 0 Å². The molecule has 1 aromatic carbocycles. The minimum Gasteiger partial charge on any atom is -0.444 e. The van der Waals surface area contributed by atoms with E-state index in [9.17, 15) is 28.1 Å². The molecule has 0 heterocycles. The molecule has 1 amide bonds. The first-order valence-electron chi connectivity index (χ1n) is 5.76. The maximum Gasteiger partial charge on any atom is 0.423 e. The van der Waals surface area contributed by atoms with Gasteiger partial charge in [-0.2, -0.15) is 13.2 Å². The summed E-state index contributed by atoms with van der Waals surface area (Å²) in [6.45, 7) is 4.80. The van der Waals surface area contributed by atoms with Crippen molar-refractivity contribution >= 4 is 17.5 Å². The maximum absolute atomic E-state index is 12.6. The average Bonchev–Trinajstić information content (AvgIpc) is 2.24. The van der Waals surface area contributed by atoms with E-state index in [2.05, 4.69) is 5.32 Å². The number of benzene rings is 1. The Labute approximate surface area is 118 Å². The number of nitrogens with one attached hydrogen (secondary N) is 1. The number of rotatable bonds is 2. The van der Waals surface area contributed by atoms with Crippen molar-refractivity contribution in [2.45, 2.75) is 32.5 Å². The second-order valence-corrected chi connectivity index (χ2v) is 5.11. The molecule has 0 atom stereocenters. The van der Waals surface area contributed by atoms with Crippen LogP contribution in [-0.4, -0.2) is 16.6 Å². The highest BCUT2D eigenvalue weighted by atomic mass is 19.4. The first-order valence-corrected chi connectivity index (χ1v) is 5.76. The smallest absolute Gasteiger partial charge is 0.423 e. The number of hydrogen-bond donors (Lipinski definition) is 1. The SMILES string of the molecule is CC(C)(C)OC(=O)Nc1ccc(C(F)(F)F)c([N+](=O)[O-])c1. The summed E-state index contributed by atoms with van der Waals surface area (Å²) in [7, 11) is 0. The van der Waals surface area contributed by atoms with Crippen LogP contribution >= 0.6 is 0 Å². The van der Waals surface area contributed by atoms with E-state index >= 15 is 0 Å². The Balaban J connectivity index is 3.05. The lowest BCUT2D eigenvalue weighted by Crippen LogP contribution is -2.27. The molecule has 1 N–H and O–H groups in total. The van der Waals surface area contributed by atoms with E-state index in [4.69, 9.17) is 4.74 Å². The second kappa shape index (κ2) is 5.58. The Morgan fingerprint density at radius 1 is 1.29 bits per heavy atom. The van der Waals surface area contributed by atoms with Crippen molar-refractivity contribution in [3.63, 3.8) is 0 Å². The van der Waals surface area contributed by atoms with Gasteiger partial charge in [0.15, 0.2) is 0 Å². The predicted octanol–water partition coefficient (Wildman–Crippen LogP) is 3.96. The minimum atomic E-state index is -4.85. The van der Waals surface area contributed by atoms with Crippen LogP contribution in [0.5, 0.6) is 0 Å². The van der Waals surface area contributed by atoms with Crippen molar-refractivity contribution in [1.82, 2.24) is 0 Å². The van der Waals surface area contributed by atoms with E-state index in [1.54, 1.807) is 20.8 Å². The number of hydrogen-bond acceptors (Lipinski definition) is 4. The van der Waals surface area contributed by atoms with Crippen molar-refractivity contribution in [3.05, 3.63) is 33.9 Å². The second-order valence-electron chi connectivity index (χ2n) is 5.11. The van der Waals surface area contributed by atoms with E-state index in [1.165, 1.54) is 0 Å². The minimum absolute atomic E-state index is 0.163. The summed E-state index contributed by atoms with van der Waals surface area (Å²) in [5.74, 6) is 0. The number of nitrogens with zero attached hydrogens (tertiary/aromatic N) is 1. The summed E-state index contributed by atoms with van der Waals surface area (Å²) in [6, 6.07) is 2.08. The molecule has 1 aromatic rings. The Morgan fingerprint density at radius 3 is 2.29 bits per heavy atom. The maximum atomic E-state index is 12.6. The Bertz CT molecular complexity index is 565. The quantitative estimate of drug-likeness (QED) is 0.662. The Hall–Kier alpha value is -2.32. The average molecular weight is 306 g/mol. The summed E-state index contributed by atoms with van der Waals surface area (Å²) >= 11 is 0. The van der Waals surface area contributed by atoms with Gasteiger partial charge in [0.2, 0.25) is 0 Å². The molecule has 0 aromatic heterocycles. The van der Waals surface area contributed by atoms with Gasteiger partial charge in [-0.15, -0.1) is 0 Å². The van der Waals surface area contributed by atoms with Crippen LogP contribution in [0, 0.1) is 10.1 Å². The van der Waals surface area contributed by atoms with Crippen LogP contribution in [0.2, 0.25) is 0 Å². The van der Waals surface area contributed by atoms with Gasteiger partial charge in [-0.25, -0.2) is 4.79 Å². The summed E-state index contributed by atoms with van der Waals surface area (Å²) in [4.78, 5) is 21.0. The zero-order chi connectivity index (χ0) is 16.4. The highest BCUT2D eigenvalue weighted by Crippen LogP contribution is 2.37. The van der Waals surface area contributed by atoms with Gasteiger partial charge in [0.05, 0.1) is 10.6 Å². The standard InChI is InChI=1S/C12H13F3N2O4/c1-11(2,3)21-10(18)16-7-4-5-8(12(13,14)15)9(6-7)17(19)20/h4-6H,1-3H3,(H,16,18). The number of nitro benzene ring substituents is 1. The van der Waals surface area contributed by atoms with Gasteiger partial charge in [-0.05, 0) is 32.9 Å². The Morgan fingerprint density at radius 2 is 1.86 bits per heavy atom. The lowest BCUT2D eigenvalue weighted by atomic mass is 10.1. The van der Waals surface area contributed by atoms with E-state index in [0.717, 1.165) is 6.07 Å². The fourth-order valence-corrected chi connectivity index (χ4v) is 1.42. The number of halogens is 3. The number of carbonyl (C=O) groups excluding carboxylic acids is 1. The first kappa shape index (κ1) is 16.7. The normalized spacial score (nSPS) is 11.9. The van der Waals surface area contributed by atoms with Gasteiger partial charge in [-0.3, -0.25) is 15.4 Å². The first-order chi connectivity index (χ1) is 9.40. The van der Waals surface area contributed by atoms with Crippen LogP contribution in [0.1, 0.15) is 26.3 Å². The van der Waals surface area contributed by atoms with Gasteiger partial charge in [0.25, 0.3) is 5.69 Å². The molecule has 116 valence electrons. The predicted molar refractivity (Wildman–Crippen MR) is 68.0 cm³/mol. The Kier molecular flexibility index (Phi) is 4.45. The summed E-state index contributed by atoms with van der Waals surface area (Å²) in [5, 5.41) is 12.8. The van der Waals surface area contributed by atoms with Crippen LogP contribution in [-0.2, 0) is 10.9 Å². The highest BCUT2D eigenvalue weighted by Gasteiger charge is 2.38. The van der Waals surface area contributed by atoms with Crippen molar-refractivity contribution in [3.8, 4) is 0 Å². The van der Waals surface area contributed by atoms with Crippen molar-refractivity contribution < 1.29 is 27.6 Å². The molecule has 0 spiro atoms. The van der Waals surface area contributed by atoms with Gasteiger partial charge < -0.3 is 4.74 Å². The van der Waals surface area contributed by atoms with Crippen molar-refractivity contribution in [2.75, 3.05) is 5.32 Å². The van der Waals surface area contributed by atoms with Crippen LogP contribution in [0.25, 0.3) is 0 Å². The third-order valence-electron chi connectivity index (χ3n) is 2.15. The molecule has 0 saturated heterocycles. The topological polar surface area (TPSA) is 81.5 Å².